The third kappa shape index (κ3) is 4.51. The van der Waals surface area contributed by atoms with Gasteiger partial charge in [0.2, 0.25) is 5.95 Å². The number of aromatic amines is 1. The molecule has 8 nitrogen and oxygen atoms in total. The van der Waals surface area contributed by atoms with Gasteiger partial charge in [-0.3, -0.25) is 4.79 Å². The maximum atomic E-state index is 12.3. The maximum Gasteiger partial charge on any atom is 0.250 e. The number of hydrogen-bond acceptors (Lipinski definition) is 6. The zero-order chi connectivity index (χ0) is 24.4. The lowest BCUT2D eigenvalue weighted by Gasteiger charge is -2.07. The van der Waals surface area contributed by atoms with E-state index in [-0.39, 0.29) is 11.5 Å². The number of amides is 1. The Morgan fingerprint density at radius 3 is 2.59 bits per heavy atom. The number of aromatic nitrogens is 3. The highest BCUT2D eigenvalue weighted by atomic mass is 35.5. The Hall–Kier alpha value is -4.48. The fourth-order valence-corrected chi connectivity index (χ4v) is 3.67. The van der Waals surface area contributed by atoms with Crippen molar-refractivity contribution < 1.29 is 9.53 Å². The molecule has 34 heavy (non-hydrogen) atoms. The Morgan fingerprint density at radius 1 is 1.09 bits per heavy atom. The van der Waals surface area contributed by atoms with E-state index in [2.05, 4.69) is 26.8 Å². The molecule has 170 valence electrons. The van der Waals surface area contributed by atoms with Crippen molar-refractivity contribution in [3.63, 3.8) is 0 Å². The van der Waals surface area contributed by atoms with Crippen molar-refractivity contribution in [1.29, 1.82) is 0 Å². The zero-order valence-electron chi connectivity index (χ0n) is 18.4. The monoisotopic (exact) mass is 472 g/mol. The Morgan fingerprint density at radius 2 is 1.85 bits per heavy atom. The number of ether oxygens (including phenoxy) is 1. The van der Waals surface area contributed by atoms with Crippen LogP contribution in [0.4, 0.5) is 11.6 Å². The number of halogens is 1. The van der Waals surface area contributed by atoms with Crippen LogP contribution in [0.5, 0.6) is 5.75 Å². The smallest absolute Gasteiger partial charge is 0.250 e. The highest BCUT2D eigenvalue weighted by molar-refractivity contribution is 6.31. The van der Waals surface area contributed by atoms with Crippen molar-refractivity contribution in [3.05, 3.63) is 75.9 Å². The van der Waals surface area contributed by atoms with Crippen molar-refractivity contribution in [3.8, 4) is 40.2 Å². The number of nitrogen functional groups attached to an aromatic ring is 2. The number of carbonyl (C=O) groups excluding carboxylic acids is 1. The number of methoxy groups -OCH3 is 1. The molecule has 0 atom stereocenters. The van der Waals surface area contributed by atoms with Crippen molar-refractivity contribution in [1.82, 2.24) is 15.0 Å². The minimum Gasteiger partial charge on any atom is -0.495 e. The van der Waals surface area contributed by atoms with Crippen LogP contribution in [0.25, 0.3) is 22.6 Å². The van der Waals surface area contributed by atoms with E-state index in [1.807, 2.05) is 13.0 Å². The molecule has 0 saturated heterocycles. The summed E-state index contributed by atoms with van der Waals surface area (Å²) in [7, 11) is 1.55. The molecule has 0 fully saturated rings. The number of nitrogens with two attached hydrogens (primary N) is 3. The van der Waals surface area contributed by atoms with Gasteiger partial charge in [0.15, 0.2) is 0 Å². The van der Waals surface area contributed by atoms with Gasteiger partial charge >= 0.3 is 0 Å². The molecule has 0 unspecified atom stereocenters. The van der Waals surface area contributed by atoms with E-state index in [1.54, 1.807) is 43.5 Å². The van der Waals surface area contributed by atoms with Crippen molar-refractivity contribution in [2.75, 3.05) is 18.6 Å². The third-order valence-electron chi connectivity index (χ3n) is 5.17. The summed E-state index contributed by atoms with van der Waals surface area (Å²) < 4.78 is 5.36. The largest absolute Gasteiger partial charge is 0.495 e. The number of H-pyrrole nitrogens is 1. The number of nitrogens with zero attached hydrogens (tertiary/aromatic N) is 2. The molecule has 4 aromatic rings. The lowest BCUT2D eigenvalue weighted by Crippen LogP contribution is -2.11. The first kappa shape index (κ1) is 22.7. The fraction of sp³-hybridized carbons (Fsp3) is 0.0800. The van der Waals surface area contributed by atoms with Crippen LogP contribution in [-0.2, 0) is 0 Å². The van der Waals surface area contributed by atoms with Gasteiger partial charge in [-0.1, -0.05) is 29.5 Å². The van der Waals surface area contributed by atoms with E-state index in [4.69, 9.17) is 33.5 Å². The van der Waals surface area contributed by atoms with Gasteiger partial charge < -0.3 is 26.9 Å². The van der Waals surface area contributed by atoms with Gasteiger partial charge in [0, 0.05) is 22.5 Å². The first-order valence-electron chi connectivity index (χ1n) is 10.1. The van der Waals surface area contributed by atoms with Crippen molar-refractivity contribution in [2.45, 2.75) is 6.92 Å². The highest BCUT2D eigenvalue weighted by Crippen LogP contribution is 2.33. The van der Waals surface area contributed by atoms with Crippen molar-refractivity contribution in [2.24, 2.45) is 5.73 Å². The summed E-state index contributed by atoms with van der Waals surface area (Å²) in [6, 6.07) is 12.2. The van der Waals surface area contributed by atoms with E-state index in [0.717, 1.165) is 11.1 Å². The van der Waals surface area contributed by atoms with Crippen LogP contribution in [0.3, 0.4) is 0 Å². The molecule has 0 radical (unpaired) electrons. The van der Waals surface area contributed by atoms with Crippen molar-refractivity contribution >= 4 is 29.1 Å². The molecule has 2 heterocycles. The topological polar surface area (TPSA) is 146 Å². The molecule has 7 N–H and O–H groups in total. The van der Waals surface area contributed by atoms with Gasteiger partial charge in [-0.15, -0.1) is 0 Å². The summed E-state index contributed by atoms with van der Waals surface area (Å²) in [6.45, 7) is 1.91. The molecule has 0 bridgehead atoms. The molecule has 0 saturated carbocycles. The molecular formula is C25H21ClN6O2. The second-order valence-electron chi connectivity index (χ2n) is 7.50. The van der Waals surface area contributed by atoms with Crippen LogP contribution in [0.1, 0.15) is 27.0 Å². The number of rotatable bonds is 4. The number of aryl methyl sites for hydroxylation is 1. The number of benzene rings is 2. The molecule has 0 aliphatic rings. The molecule has 2 aromatic carbocycles. The van der Waals surface area contributed by atoms with Gasteiger partial charge in [-0.25, -0.2) is 9.97 Å². The second-order valence-corrected chi connectivity index (χ2v) is 7.93. The van der Waals surface area contributed by atoms with Gasteiger partial charge in [0.25, 0.3) is 5.91 Å². The quantitative estimate of drug-likeness (QED) is 0.262. The molecule has 0 aliphatic carbocycles. The van der Waals surface area contributed by atoms with E-state index < -0.39 is 5.91 Å². The van der Waals surface area contributed by atoms with Gasteiger partial charge in [0.1, 0.15) is 11.4 Å². The first-order valence-corrected chi connectivity index (χ1v) is 10.5. The minimum absolute atomic E-state index is 0.0535. The summed E-state index contributed by atoms with van der Waals surface area (Å²) in [5.74, 6) is 6.13. The standard InChI is InChI=1S/C25H21ClN6O2/c1-13-3-6-16(26)10-18(13)23-19(24(28)33)11-20(31-23)22-15(12-30-25(29)32-22)5-4-14-9-17(27)7-8-21(14)34-2/h3,6-12,31H,27H2,1-2H3,(H2,28,33)(H2,29,30,32). The molecule has 2 aromatic heterocycles. The summed E-state index contributed by atoms with van der Waals surface area (Å²) in [5.41, 5.74) is 22.5. The number of nitrogens with one attached hydrogen (secondary N) is 1. The Bertz CT molecular complexity index is 1480. The van der Waals surface area contributed by atoms with Crippen LogP contribution in [0.15, 0.2) is 48.7 Å². The summed E-state index contributed by atoms with van der Waals surface area (Å²) in [6.07, 6.45) is 1.51. The molecular weight excluding hydrogens is 452 g/mol. The minimum atomic E-state index is -0.601. The van der Waals surface area contributed by atoms with E-state index >= 15 is 0 Å². The predicted molar refractivity (Wildman–Crippen MR) is 133 cm³/mol. The number of carbonyl (C=O) groups is 1. The number of hydrogen-bond donors (Lipinski definition) is 4. The van der Waals surface area contributed by atoms with Gasteiger partial charge in [-0.2, -0.15) is 0 Å². The van der Waals surface area contributed by atoms with Crippen LogP contribution >= 0.6 is 11.6 Å². The number of anilines is 2. The fourth-order valence-electron chi connectivity index (χ4n) is 3.50. The Balaban J connectivity index is 1.88. The Labute approximate surface area is 201 Å². The Kier molecular flexibility index (Phi) is 6.13. The average molecular weight is 473 g/mol. The summed E-state index contributed by atoms with van der Waals surface area (Å²) in [5, 5.41) is 0.529. The lowest BCUT2D eigenvalue weighted by atomic mass is 10.0. The molecule has 0 aliphatic heterocycles. The average Bonchev–Trinajstić information content (AvgIpc) is 3.25. The van der Waals surface area contributed by atoms with Gasteiger partial charge in [-0.05, 0) is 48.9 Å². The number of primary amides is 1. The van der Waals surface area contributed by atoms with Gasteiger partial charge in [0.05, 0.1) is 35.2 Å². The second kappa shape index (κ2) is 9.17. The molecule has 9 heteroatoms. The SMILES string of the molecule is COc1ccc(N)cc1C#Cc1cnc(N)nc1-c1cc(C(N)=O)c(-c2cc(Cl)ccc2C)[nH]1. The molecule has 0 spiro atoms. The van der Waals surface area contributed by atoms with Crippen LogP contribution in [0, 0.1) is 18.8 Å². The molecule has 1 amide bonds. The predicted octanol–water partition coefficient (Wildman–Crippen LogP) is 3.77. The first-order chi connectivity index (χ1) is 16.3. The van der Waals surface area contributed by atoms with E-state index in [1.165, 1.54) is 6.20 Å². The zero-order valence-corrected chi connectivity index (χ0v) is 19.2. The van der Waals surface area contributed by atoms with Crippen LogP contribution in [0.2, 0.25) is 5.02 Å². The van der Waals surface area contributed by atoms with Crippen LogP contribution < -0.4 is 21.9 Å². The summed E-state index contributed by atoms with van der Waals surface area (Å²) in [4.78, 5) is 23.9. The maximum absolute atomic E-state index is 12.3. The van der Waals surface area contributed by atoms with E-state index in [0.29, 0.717) is 44.7 Å². The van der Waals surface area contributed by atoms with Crippen LogP contribution in [-0.4, -0.2) is 28.0 Å². The van der Waals surface area contributed by atoms with E-state index in [9.17, 15) is 4.79 Å². The summed E-state index contributed by atoms with van der Waals surface area (Å²) >= 11 is 6.20. The molecule has 4 rings (SSSR count). The third-order valence-corrected chi connectivity index (χ3v) is 5.41. The highest BCUT2D eigenvalue weighted by Gasteiger charge is 2.19. The lowest BCUT2D eigenvalue weighted by molar-refractivity contribution is 0.100. The normalized spacial score (nSPS) is 10.4.